The first-order chi connectivity index (χ1) is 14.0. The Bertz CT molecular complexity index is 1200. The van der Waals surface area contributed by atoms with E-state index >= 15 is 0 Å². The molecular formula is C20H15F3N2O4S. The Labute approximate surface area is 169 Å². The molecule has 30 heavy (non-hydrogen) atoms. The molecule has 156 valence electrons. The molecule has 0 saturated heterocycles. The number of benzene rings is 2. The minimum absolute atomic E-state index is 0.0203. The van der Waals surface area contributed by atoms with Gasteiger partial charge < -0.3 is 10.3 Å². The Kier molecular flexibility index (Phi) is 5.53. The quantitative estimate of drug-likeness (QED) is 0.593. The maximum Gasteiger partial charge on any atom is 0.471 e. The molecule has 0 aliphatic rings. The van der Waals surface area contributed by atoms with E-state index in [1.165, 1.54) is 36.5 Å². The molecule has 0 aliphatic heterocycles. The number of alkyl halides is 3. The lowest BCUT2D eigenvalue weighted by atomic mass is 10.1. The SMILES string of the molecule is Cc1ccc(S(=O)(=O)c2cc[nH]c2C(=O)c2ccc(NC(=O)C(F)(F)F)cc2)cc1. The summed E-state index contributed by atoms with van der Waals surface area (Å²) in [5, 5.41) is 1.67. The number of hydrogen-bond donors (Lipinski definition) is 2. The fourth-order valence-electron chi connectivity index (χ4n) is 2.65. The fraction of sp³-hybridized carbons (Fsp3) is 0.100. The van der Waals surface area contributed by atoms with Crippen molar-refractivity contribution in [2.24, 2.45) is 0 Å². The first kappa shape index (κ1) is 21.3. The number of ketones is 1. The van der Waals surface area contributed by atoms with Gasteiger partial charge in [-0.05, 0) is 49.4 Å². The third-order valence-electron chi connectivity index (χ3n) is 4.22. The number of rotatable bonds is 5. The predicted octanol–water partition coefficient (Wildman–Crippen LogP) is 3.89. The highest BCUT2D eigenvalue weighted by atomic mass is 32.2. The van der Waals surface area contributed by atoms with Crippen molar-refractivity contribution in [2.75, 3.05) is 5.32 Å². The number of carbonyl (C=O) groups is 2. The van der Waals surface area contributed by atoms with Gasteiger partial charge >= 0.3 is 12.1 Å². The van der Waals surface area contributed by atoms with E-state index < -0.39 is 27.7 Å². The smallest absolute Gasteiger partial charge is 0.357 e. The third-order valence-corrected chi connectivity index (χ3v) is 6.03. The molecule has 0 spiro atoms. The highest BCUT2D eigenvalue weighted by Crippen LogP contribution is 2.26. The molecule has 1 aromatic heterocycles. The molecule has 10 heteroatoms. The maximum atomic E-state index is 12.9. The van der Waals surface area contributed by atoms with Crippen LogP contribution < -0.4 is 5.32 Å². The van der Waals surface area contributed by atoms with Crippen molar-refractivity contribution in [1.29, 1.82) is 0 Å². The molecule has 6 nitrogen and oxygen atoms in total. The summed E-state index contributed by atoms with van der Waals surface area (Å²) in [4.78, 5) is 26.2. The van der Waals surface area contributed by atoms with Gasteiger partial charge in [-0.15, -0.1) is 0 Å². The number of aromatic amines is 1. The maximum absolute atomic E-state index is 12.9. The molecule has 1 amide bonds. The standard InChI is InChI=1S/C20H15F3N2O4S/c1-12-2-8-15(9-3-12)30(28,29)16-10-11-24-17(16)18(26)13-4-6-14(7-5-13)25-19(27)20(21,22)23/h2-11,24H,1H3,(H,25,27). The molecule has 1 heterocycles. The zero-order chi connectivity index (χ0) is 22.1. The van der Waals surface area contributed by atoms with Crippen LogP contribution in [0.1, 0.15) is 21.6 Å². The van der Waals surface area contributed by atoms with Crippen LogP contribution in [0, 0.1) is 6.92 Å². The van der Waals surface area contributed by atoms with Crippen LogP contribution in [-0.2, 0) is 14.6 Å². The van der Waals surface area contributed by atoms with Gasteiger partial charge in [0.15, 0.2) is 0 Å². The van der Waals surface area contributed by atoms with Gasteiger partial charge in [0.2, 0.25) is 15.6 Å². The Balaban J connectivity index is 1.88. The number of anilines is 1. The first-order valence-corrected chi connectivity index (χ1v) is 10.0. The number of sulfone groups is 1. The highest BCUT2D eigenvalue weighted by molar-refractivity contribution is 7.91. The zero-order valence-corrected chi connectivity index (χ0v) is 16.3. The predicted molar refractivity (Wildman–Crippen MR) is 102 cm³/mol. The second kappa shape index (κ2) is 7.79. The molecule has 2 aromatic carbocycles. The number of amides is 1. The second-order valence-corrected chi connectivity index (χ2v) is 8.31. The topological polar surface area (TPSA) is 96.1 Å². The van der Waals surface area contributed by atoms with Gasteiger partial charge in [-0.2, -0.15) is 13.2 Å². The molecule has 0 unspecified atom stereocenters. The lowest BCUT2D eigenvalue weighted by Gasteiger charge is -2.09. The number of hydrogen-bond acceptors (Lipinski definition) is 4. The van der Waals surface area contributed by atoms with Gasteiger partial charge in [0.05, 0.1) is 4.90 Å². The molecule has 0 fully saturated rings. The van der Waals surface area contributed by atoms with E-state index in [4.69, 9.17) is 0 Å². The number of carbonyl (C=O) groups excluding carboxylic acids is 2. The van der Waals surface area contributed by atoms with E-state index in [0.29, 0.717) is 0 Å². The molecule has 2 N–H and O–H groups in total. The van der Waals surface area contributed by atoms with Crippen LogP contribution in [0.5, 0.6) is 0 Å². The van der Waals surface area contributed by atoms with E-state index in [1.807, 2.05) is 6.92 Å². The van der Waals surface area contributed by atoms with Gasteiger partial charge in [0.25, 0.3) is 0 Å². The third kappa shape index (κ3) is 4.28. The van der Waals surface area contributed by atoms with Gasteiger partial charge in [-0.1, -0.05) is 17.7 Å². The molecule has 0 aliphatic carbocycles. The van der Waals surface area contributed by atoms with Crippen LogP contribution >= 0.6 is 0 Å². The summed E-state index contributed by atoms with van der Waals surface area (Å²) in [6.07, 6.45) is -3.73. The average Bonchev–Trinajstić information content (AvgIpc) is 3.18. The van der Waals surface area contributed by atoms with Crippen molar-refractivity contribution in [2.45, 2.75) is 22.9 Å². The Morgan fingerprint density at radius 2 is 1.53 bits per heavy atom. The van der Waals surface area contributed by atoms with Gasteiger partial charge in [0.1, 0.15) is 10.6 Å². The van der Waals surface area contributed by atoms with Crippen molar-refractivity contribution in [3.8, 4) is 0 Å². The minimum Gasteiger partial charge on any atom is -0.357 e. The molecular weight excluding hydrogens is 421 g/mol. The van der Waals surface area contributed by atoms with Crippen LogP contribution in [0.3, 0.4) is 0 Å². The zero-order valence-electron chi connectivity index (χ0n) is 15.4. The molecule has 0 atom stereocenters. The van der Waals surface area contributed by atoms with Gasteiger partial charge in [-0.25, -0.2) is 8.42 Å². The summed E-state index contributed by atoms with van der Waals surface area (Å²) >= 11 is 0. The van der Waals surface area contributed by atoms with Crippen molar-refractivity contribution < 1.29 is 31.2 Å². The van der Waals surface area contributed by atoms with Crippen LogP contribution in [0.4, 0.5) is 18.9 Å². The summed E-state index contributed by atoms with van der Waals surface area (Å²) in [5.41, 5.74) is 0.565. The first-order valence-electron chi connectivity index (χ1n) is 8.52. The van der Waals surface area contributed by atoms with E-state index in [9.17, 15) is 31.2 Å². The molecule has 0 bridgehead atoms. The Morgan fingerprint density at radius 1 is 0.933 bits per heavy atom. The van der Waals surface area contributed by atoms with Crippen LogP contribution in [-0.4, -0.2) is 31.3 Å². The number of aryl methyl sites for hydroxylation is 1. The summed E-state index contributed by atoms with van der Waals surface area (Å²) in [6.45, 7) is 1.81. The highest BCUT2D eigenvalue weighted by Gasteiger charge is 2.38. The lowest BCUT2D eigenvalue weighted by Crippen LogP contribution is -2.29. The summed E-state index contributed by atoms with van der Waals surface area (Å²) in [7, 11) is -3.97. The molecule has 0 radical (unpaired) electrons. The molecule has 3 rings (SSSR count). The monoisotopic (exact) mass is 436 g/mol. The second-order valence-electron chi connectivity index (χ2n) is 6.39. The van der Waals surface area contributed by atoms with Crippen LogP contribution in [0.15, 0.2) is 70.6 Å². The van der Waals surface area contributed by atoms with Crippen LogP contribution in [0.25, 0.3) is 0 Å². The van der Waals surface area contributed by atoms with Gasteiger partial charge in [0, 0.05) is 17.4 Å². The summed E-state index contributed by atoms with van der Waals surface area (Å²) in [5.74, 6) is -2.81. The minimum atomic E-state index is -5.04. The average molecular weight is 436 g/mol. The Hall–Kier alpha value is -3.40. The Morgan fingerprint density at radius 3 is 2.10 bits per heavy atom. The fourth-order valence-corrected chi connectivity index (χ4v) is 4.07. The van der Waals surface area contributed by atoms with Crippen molar-refractivity contribution in [3.63, 3.8) is 0 Å². The summed E-state index contributed by atoms with van der Waals surface area (Å²) < 4.78 is 62.8. The molecule has 0 saturated carbocycles. The number of nitrogens with one attached hydrogen (secondary N) is 2. The number of H-pyrrole nitrogens is 1. The van der Waals surface area contributed by atoms with Crippen molar-refractivity contribution in [3.05, 3.63) is 77.6 Å². The largest absolute Gasteiger partial charge is 0.471 e. The van der Waals surface area contributed by atoms with Gasteiger partial charge in [-0.3, -0.25) is 9.59 Å². The number of halogens is 3. The van der Waals surface area contributed by atoms with Crippen LogP contribution in [0.2, 0.25) is 0 Å². The lowest BCUT2D eigenvalue weighted by molar-refractivity contribution is -0.167. The van der Waals surface area contributed by atoms with E-state index in [0.717, 1.165) is 17.7 Å². The number of aromatic nitrogens is 1. The molecule has 3 aromatic rings. The summed E-state index contributed by atoms with van der Waals surface area (Å²) in [6, 6.07) is 12.0. The van der Waals surface area contributed by atoms with E-state index in [1.54, 1.807) is 17.4 Å². The normalized spacial score (nSPS) is 11.9. The van der Waals surface area contributed by atoms with Crippen molar-refractivity contribution >= 4 is 27.2 Å². The van der Waals surface area contributed by atoms with E-state index in [2.05, 4.69) is 4.98 Å². The van der Waals surface area contributed by atoms with E-state index in [-0.39, 0.29) is 26.7 Å². The van der Waals surface area contributed by atoms with Crippen molar-refractivity contribution in [1.82, 2.24) is 4.98 Å².